The summed E-state index contributed by atoms with van der Waals surface area (Å²) in [4.78, 5) is 0. The van der Waals surface area contributed by atoms with Gasteiger partial charge in [-0.1, -0.05) is 23.7 Å². The van der Waals surface area contributed by atoms with Crippen molar-refractivity contribution in [1.29, 1.82) is 0 Å². The van der Waals surface area contributed by atoms with E-state index in [-0.39, 0.29) is 6.61 Å². The molecule has 0 spiro atoms. The van der Waals surface area contributed by atoms with Crippen LogP contribution in [-0.2, 0) is 6.61 Å². The van der Waals surface area contributed by atoms with Gasteiger partial charge in [-0.05, 0) is 43.0 Å². The fourth-order valence-corrected chi connectivity index (χ4v) is 1.64. The van der Waals surface area contributed by atoms with Gasteiger partial charge in [0.2, 0.25) is 0 Å². The molecule has 0 aliphatic heterocycles. The number of ether oxygens (including phenoxy) is 1. The number of rotatable bonds is 4. The van der Waals surface area contributed by atoms with Crippen LogP contribution in [0, 0.1) is 13.8 Å². The van der Waals surface area contributed by atoms with E-state index >= 15 is 0 Å². The van der Waals surface area contributed by atoms with Gasteiger partial charge in [-0.2, -0.15) is 0 Å². The lowest BCUT2D eigenvalue weighted by atomic mass is 10.1. The van der Waals surface area contributed by atoms with E-state index in [1.165, 1.54) is 5.54 Å². The van der Waals surface area contributed by atoms with Gasteiger partial charge in [-0.25, -0.2) is 0 Å². The van der Waals surface area contributed by atoms with Crippen molar-refractivity contribution in [2.45, 2.75) is 27.4 Å². The van der Waals surface area contributed by atoms with Gasteiger partial charge >= 0.3 is 0 Å². The second kappa shape index (κ2) is 5.92. The molecule has 0 saturated carbocycles. The highest BCUT2D eigenvalue weighted by atomic mass is 35.5. The van der Waals surface area contributed by atoms with Crippen molar-refractivity contribution >= 4 is 11.6 Å². The molecule has 1 rings (SSSR count). The van der Waals surface area contributed by atoms with Gasteiger partial charge in [-0.15, -0.1) is 0 Å². The van der Waals surface area contributed by atoms with Crippen LogP contribution >= 0.6 is 11.6 Å². The van der Waals surface area contributed by atoms with Crippen molar-refractivity contribution in [2.75, 3.05) is 6.61 Å². The summed E-state index contributed by atoms with van der Waals surface area (Å²) in [5.41, 5.74) is 5.48. The van der Waals surface area contributed by atoms with E-state index in [1.54, 1.807) is 0 Å². The highest BCUT2D eigenvalue weighted by molar-refractivity contribution is 6.25. The third-order valence-electron chi connectivity index (χ3n) is 2.33. The third kappa shape index (κ3) is 3.26. The summed E-state index contributed by atoms with van der Waals surface area (Å²) in [5.74, 6) is 0.870. The highest BCUT2D eigenvalue weighted by Crippen LogP contribution is 2.25. The van der Waals surface area contributed by atoms with Gasteiger partial charge in [0.25, 0.3) is 0 Å². The average molecular weight is 241 g/mol. The Kier molecular flexibility index (Phi) is 4.84. The average Bonchev–Trinajstić information content (AvgIpc) is 2.27. The minimum absolute atomic E-state index is 0.0581. The summed E-state index contributed by atoms with van der Waals surface area (Å²) in [6.45, 7) is 6.41. The number of hydrogen-bond acceptors (Lipinski definition) is 2. The van der Waals surface area contributed by atoms with Gasteiger partial charge in [0.1, 0.15) is 12.4 Å². The maximum atomic E-state index is 9.07. The molecule has 0 aromatic heterocycles. The maximum absolute atomic E-state index is 9.07. The molecule has 0 aliphatic carbocycles. The molecule has 88 valence electrons. The van der Waals surface area contributed by atoms with Crippen LogP contribution in [-0.4, -0.2) is 11.7 Å². The molecule has 1 N–H and O–H groups in total. The molecule has 1 aromatic carbocycles. The van der Waals surface area contributed by atoms with Gasteiger partial charge in [0.15, 0.2) is 0 Å². The molecule has 0 saturated heterocycles. The number of hydrogen-bond donors (Lipinski definition) is 1. The number of halogens is 1. The first-order valence-corrected chi connectivity index (χ1v) is 5.61. The second-order valence-electron chi connectivity index (χ2n) is 3.96. The van der Waals surface area contributed by atoms with Crippen molar-refractivity contribution in [3.05, 3.63) is 39.9 Å². The second-order valence-corrected chi connectivity index (χ2v) is 4.18. The quantitative estimate of drug-likeness (QED) is 0.875. The predicted octanol–water partition coefficient (Wildman–Crippen LogP) is 3.32. The Balaban J connectivity index is 2.88. The molecule has 16 heavy (non-hydrogen) atoms. The molecule has 0 atom stereocenters. The van der Waals surface area contributed by atoms with Crippen molar-refractivity contribution in [3.63, 3.8) is 0 Å². The number of aliphatic hydroxyl groups is 1. The topological polar surface area (TPSA) is 29.5 Å². The Morgan fingerprint density at radius 3 is 2.38 bits per heavy atom. The predicted molar refractivity (Wildman–Crippen MR) is 66.9 cm³/mol. The Morgan fingerprint density at radius 2 is 1.94 bits per heavy atom. The smallest absolute Gasteiger partial charge is 0.125 e. The molecule has 0 radical (unpaired) electrons. The zero-order chi connectivity index (χ0) is 12.1. The van der Waals surface area contributed by atoms with Crippen molar-refractivity contribution in [2.24, 2.45) is 0 Å². The van der Waals surface area contributed by atoms with E-state index in [4.69, 9.17) is 21.4 Å². The Labute approximate surface area is 102 Å². The first-order chi connectivity index (χ1) is 7.58. The Bertz CT molecular complexity index is 374. The van der Waals surface area contributed by atoms with Crippen LogP contribution in [0.25, 0.3) is 0 Å². The van der Waals surface area contributed by atoms with Crippen LogP contribution in [0.1, 0.15) is 23.6 Å². The van der Waals surface area contributed by atoms with E-state index in [1.807, 2.05) is 32.9 Å². The highest BCUT2D eigenvalue weighted by Gasteiger charge is 2.06. The third-order valence-corrected chi connectivity index (χ3v) is 2.71. The maximum Gasteiger partial charge on any atom is 0.125 e. The minimum atomic E-state index is 0.0581. The lowest BCUT2D eigenvalue weighted by Crippen LogP contribution is -2.02. The summed E-state index contributed by atoms with van der Waals surface area (Å²) in [6, 6.07) is 3.87. The summed E-state index contributed by atoms with van der Waals surface area (Å²) < 4.78 is 5.69. The largest absolute Gasteiger partial charge is 0.489 e. The van der Waals surface area contributed by atoms with Gasteiger partial charge in [0.05, 0.1) is 6.61 Å². The molecule has 0 bridgehead atoms. The molecule has 0 heterocycles. The number of aliphatic hydroxyl groups excluding tert-OH is 1. The van der Waals surface area contributed by atoms with Crippen LogP contribution in [0.5, 0.6) is 5.75 Å². The van der Waals surface area contributed by atoms with Crippen LogP contribution in [0.4, 0.5) is 0 Å². The molecule has 0 amide bonds. The standard InChI is InChI=1S/C13H17ClO2/c1-9(6-14)8-16-13-10(2)4-12(7-15)5-11(13)3/h4-6,15H,7-8H2,1-3H3. The molecule has 0 unspecified atom stereocenters. The van der Waals surface area contributed by atoms with E-state index < -0.39 is 0 Å². The van der Waals surface area contributed by atoms with E-state index in [0.29, 0.717) is 6.61 Å². The number of benzene rings is 1. The molecule has 0 aliphatic rings. The first kappa shape index (κ1) is 13.1. The zero-order valence-corrected chi connectivity index (χ0v) is 10.6. The summed E-state index contributed by atoms with van der Waals surface area (Å²) in [7, 11) is 0. The summed E-state index contributed by atoms with van der Waals surface area (Å²) in [5, 5.41) is 9.07. The van der Waals surface area contributed by atoms with Crippen molar-refractivity contribution in [3.8, 4) is 5.75 Å². The van der Waals surface area contributed by atoms with Crippen molar-refractivity contribution < 1.29 is 9.84 Å². The normalized spacial score (nSPS) is 11.7. The van der Waals surface area contributed by atoms with Crippen molar-refractivity contribution in [1.82, 2.24) is 0 Å². The van der Waals surface area contributed by atoms with Gasteiger partial charge in [-0.3, -0.25) is 0 Å². The molecule has 0 fully saturated rings. The molecular formula is C13H17ClO2. The van der Waals surface area contributed by atoms with Gasteiger partial charge < -0.3 is 9.84 Å². The van der Waals surface area contributed by atoms with Crippen LogP contribution in [0.2, 0.25) is 0 Å². The fourth-order valence-electron chi connectivity index (χ4n) is 1.58. The molecule has 1 aromatic rings. The lowest BCUT2D eigenvalue weighted by Gasteiger charge is -2.13. The van der Waals surface area contributed by atoms with Gasteiger partial charge in [0, 0.05) is 5.54 Å². The zero-order valence-electron chi connectivity index (χ0n) is 9.88. The summed E-state index contributed by atoms with van der Waals surface area (Å²) >= 11 is 5.57. The SMILES string of the molecule is CC(=CCl)COc1c(C)cc(CO)cc1C. The van der Waals surface area contributed by atoms with Crippen LogP contribution < -0.4 is 4.74 Å². The lowest BCUT2D eigenvalue weighted by molar-refractivity contribution is 0.281. The van der Waals surface area contributed by atoms with E-state index in [2.05, 4.69) is 0 Å². The molecular weight excluding hydrogens is 224 g/mol. The molecule has 2 nitrogen and oxygen atoms in total. The minimum Gasteiger partial charge on any atom is -0.489 e. The van der Waals surface area contributed by atoms with Crippen LogP contribution in [0.15, 0.2) is 23.2 Å². The number of aryl methyl sites for hydroxylation is 2. The van der Waals surface area contributed by atoms with E-state index in [9.17, 15) is 0 Å². The fraction of sp³-hybridized carbons (Fsp3) is 0.385. The first-order valence-electron chi connectivity index (χ1n) is 5.18. The Hall–Kier alpha value is -0.990. The Morgan fingerprint density at radius 1 is 1.38 bits per heavy atom. The monoisotopic (exact) mass is 240 g/mol. The molecule has 3 heteroatoms. The van der Waals surface area contributed by atoms with E-state index in [0.717, 1.165) is 28.0 Å². The van der Waals surface area contributed by atoms with Crippen LogP contribution in [0.3, 0.4) is 0 Å². The summed E-state index contributed by atoms with van der Waals surface area (Å²) in [6.07, 6.45) is 0.